The molecule has 2 rings (SSSR count). The Kier molecular flexibility index (Phi) is 3.99. The SMILES string of the molecule is NC1(CC(=O)NCc2ccc(CO)cc2)CCC1. The van der Waals surface area contributed by atoms with E-state index in [1.54, 1.807) is 0 Å². The van der Waals surface area contributed by atoms with Crippen molar-refractivity contribution in [2.24, 2.45) is 5.73 Å². The van der Waals surface area contributed by atoms with Gasteiger partial charge in [-0.15, -0.1) is 0 Å². The fourth-order valence-corrected chi connectivity index (χ4v) is 2.15. The highest BCUT2D eigenvalue weighted by atomic mass is 16.3. The zero-order valence-electron chi connectivity index (χ0n) is 10.5. The second kappa shape index (κ2) is 5.50. The van der Waals surface area contributed by atoms with E-state index < -0.39 is 0 Å². The lowest BCUT2D eigenvalue weighted by Gasteiger charge is -2.37. The van der Waals surface area contributed by atoms with E-state index >= 15 is 0 Å². The van der Waals surface area contributed by atoms with E-state index in [1.165, 1.54) is 0 Å². The van der Waals surface area contributed by atoms with Crippen molar-refractivity contribution >= 4 is 5.91 Å². The van der Waals surface area contributed by atoms with Crippen molar-refractivity contribution in [3.63, 3.8) is 0 Å². The van der Waals surface area contributed by atoms with Gasteiger partial charge in [-0.25, -0.2) is 0 Å². The van der Waals surface area contributed by atoms with E-state index in [-0.39, 0.29) is 18.1 Å². The number of amides is 1. The minimum atomic E-state index is -0.259. The number of nitrogens with one attached hydrogen (secondary N) is 1. The normalized spacial score (nSPS) is 17.0. The van der Waals surface area contributed by atoms with Crippen molar-refractivity contribution in [1.29, 1.82) is 0 Å². The topological polar surface area (TPSA) is 75.4 Å². The molecular weight excluding hydrogens is 228 g/mol. The largest absolute Gasteiger partial charge is 0.392 e. The van der Waals surface area contributed by atoms with E-state index in [9.17, 15) is 4.79 Å². The highest BCUT2D eigenvalue weighted by molar-refractivity contribution is 5.77. The van der Waals surface area contributed by atoms with Gasteiger partial charge in [-0.05, 0) is 30.4 Å². The van der Waals surface area contributed by atoms with Crippen LogP contribution in [0.25, 0.3) is 0 Å². The fraction of sp³-hybridized carbons (Fsp3) is 0.500. The van der Waals surface area contributed by atoms with Crippen LogP contribution in [0.3, 0.4) is 0 Å². The molecule has 18 heavy (non-hydrogen) atoms. The number of hydrogen-bond acceptors (Lipinski definition) is 3. The molecule has 1 aliphatic rings. The zero-order valence-corrected chi connectivity index (χ0v) is 10.5. The Morgan fingerprint density at radius 3 is 2.39 bits per heavy atom. The molecule has 0 saturated heterocycles. The van der Waals surface area contributed by atoms with Crippen LogP contribution in [-0.4, -0.2) is 16.6 Å². The molecule has 0 bridgehead atoms. The van der Waals surface area contributed by atoms with Crippen LogP contribution in [0.5, 0.6) is 0 Å². The van der Waals surface area contributed by atoms with Crippen LogP contribution in [-0.2, 0) is 17.9 Å². The van der Waals surface area contributed by atoms with Gasteiger partial charge in [0.15, 0.2) is 0 Å². The lowest BCUT2D eigenvalue weighted by atomic mass is 9.75. The second-order valence-electron chi connectivity index (χ2n) is 5.14. The first kappa shape index (κ1) is 13.1. The Morgan fingerprint density at radius 1 is 1.28 bits per heavy atom. The van der Waals surface area contributed by atoms with Gasteiger partial charge in [0.25, 0.3) is 0 Å². The summed E-state index contributed by atoms with van der Waals surface area (Å²) in [6.07, 6.45) is 3.45. The standard InChI is InChI=1S/C14H20N2O2/c15-14(6-1-7-14)8-13(18)16-9-11-2-4-12(10-17)5-3-11/h2-5,17H,1,6-10,15H2,(H,16,18). The molecule has 1 amide bonds. The Labute approximate surface area is 107 Å². The van der Waals surface area contributed by atoms with Gasteiger partial charge < -0.3 is 16.2 Å². The van der Waals surface area contributed by atoms with Gasteiger partial charge in [-0.2, -0.15) is 0 Å². The molecule has 0 unspecified atom stereocenters. The highest BCUT2D eigenvalue weighted by Crippen LogP contribution is 2.31. The number of rotatable bonds is 5. The summed E-state index contributed by atoms with van der Waals surface area (Å²) in [5.41, 5.74) is 7.67. The third-order valence-electron chi connectivity index (χ3n) is 3.56. The van der Waals surface area contributed by atoms with Crippen molar-refractivity contribution in [3.05, 3.63) is 35.4 Å². The maximum absolute atomic E-state index is 11.7. The van der Waals surface area contributed by atoms with Crippen LogP contribution < -0.4 is 11.1 Å². The average molecular weight is 248 g/mol. The van der Waals surface area contributed by atoms with Gasteiger partial charge in [0.05, 0.1) is 6.61 Å². The van der Waals surface area contributed by atoms with Crippen LogP contribution in [0.1, 0.15) is 36.8 Å². The number of benzene rings is 1. The third kappa shape index (κ3) is 3.31. The van der Waals surface area contributed by atoms with Gasteiger partial charge >= 0.3 is 0 Å². The lowest BCUT2D eigenvalue weighted by molar-refractivity contribution is -0.123. The summed E-state index contributed by atoms with van der Waals surface area (Å²) in [6.45, 7) is 0.558. The number of aliphatic hydroxyl groups excluding tert-OH is 1. The monoisotopic (exact) mass is 248 g/mol. The minimum absolute atomic E-state index is 0.0171. The van der Waals surface area contributed by atoms with E-state index in [1.807, 2.05) is 24.3 Å². The molecule has 0 aromatic heterocycles. The molecule has 1 fully saturated rings. The predicted molar refractivity (Wildman–Crippen MR) is 69.6 cm³/mol. The molecule has 4 heteroatoms. The van der Waals surface area contributed by atoms with Crippen molar-refractivity contribution < 1.29 is 9.90 Å². The number of hydrogen-bond donors (Lipinski definition) is 3. The van der Waals surface area contributed by atoms with Crippen molar-refractivity contribution in [2.45, 2.75) is 44.4 Å². The summed E-state index contributed by atoms with van der Waals surface area (Å²) in [7, 11) is 0. The smallest absolute Gasteiger partial charge is 0.222 e. The number of carbonyl (C=O) groups excluding carboxylic acids is 1. The first-order chi connectivity index (χ1) is 8.61. The van der Waals surface area contributed by atoms with Gasteiger partial charge in [0, 0.05) is 18.5 Å². The van der Waals surface area contributed by atoms with Crippen molar-refractivity contribution in [1.82, 2.24) is 5.32 Å². The zero-order chi connectivity index (χ0) is 13.0. The van der Waals surface area contributed by atoms with Crippen LogP contribution in [0.4, 0.5) is 0 Å². The molecule has 1 aromatic carbocycles. The van der Waals surface area contributed by atoms with Gasteiger partial charge in [0.1, 0.15) is 0 Å². The summed E-state index contributed by atoms with van der Waals surface area (Å²) in [5.74, 6) is 0.0171. The van der Waals surface area contributed by atoms with Gasteiger partial charge in [-0.1, -0.05) is 24.3 Å². The number of aliphatic hydroxyl groups is 1. The molecule has 4 nitrogen and oxygen atoms in total. The Balaban J connectivity index is 1.78. The molecule has 1 aromatic rings. The molecule has 0 heterocycles. The molecule has 1 aliphatic carbocycles. The predicted octanol–water partition coefficient (Wildman–Crippen LogP) is 1.07. The Hall–Kier alpha value is -1.39. The van der Waals surface area contributed by atoms with Crippen LogP contribution in [0.15, 0.2) is 24.3 Å². The summed E-state index contributed by atoms with van der Waals surface area (Å²) in [5, 5.41) is 11.8. The summed E-state index contributed by atoms with van der Waals surface area (Å²) < 4.78 is 0. The molecule has 1 saturated carbocycles. The van der Waals surface area contributed by atoms with Crippen molar-refractivity contribution in [3.8, 4) is 0 Å². The van der Waals surface area contributed by atoms with E-state index in [4.69, 9.17) is 10.8 Å². The molecule has 4 N–H and O–H groups in total. The highest BCUT2D eigenvalue weighted by Gasteiger charge is 2.34. The first-order valence-electron chi connectivity index (χ1n) is 6.36. The Morgan fingerprint density at radius 2 is 1.89 bits per heavy atom. The second-order valence-corrected chi connectivity index (χ2v) is 5.14. The van der Waals surface area contributed by atoms with Crippen LogP contribution in [0, 0.1) is 0 Å². The number of nitrogens with two attached hydrogens (primary N) is 1. The molecule has 98 valence electrons. The molecular formula is C14H20N2O2. The maximum atomic E-state index is 11.7. The van der Waals surface area contributed by atoms with Crippen molar-refractivity contribution in [2.75, 3.05) is 0 Å². The van der Waals surface area contributed by atoms with E-state index in [2.05, 4.69) is 5.32 Å². The quantitative estimate of drug-likeness (QED) is 0.729. The first-order valence-corrected chi connectivity index (χ1v) is 6.36. The average Bonchev–Trinajstić information content (AvgIpc) is 2.35. The van der Waals surface area contributed by atoms with E-state index in [0.717, 1.165) is 30.4 Å². The van der Waals surface area contributed by atoms with Crippen LogP contribution in [0.2, 0.25) is 0 Å². The summed E-state index contributed by atoms with van der Waals surface area (Å²) in [4.78, 5) is 11.7. The maximum Gasteiger partial charge on any atom is 0.222 e. The molecule has 0 radical (unpaired) electrons. The molecule has 0 atom stereocenters. The number of carbonyl (C=O) groups is 1. The summed E-state index contributed by atoms with van der Waals surface area (Å²) >= 11 is 0. The van der Waals surface area contributed by atoms with Crippen LogP contribution >= 0.6 is 0 Å². The summed E-state index contributed by atoms with van der Waals surface area (Å²) in [6, 6.07) is 7.54. The minimum Gasteiger partial charge on any atom is -0.392 e. The van der Waals surface area contributed by atoms with E-state index in [0.29, 0.717) is 13.0 Å². The van der Waals surface area contributed by atoms with Gasteiger partial charge in [-0.3, -0.25) is 4.79 Å². The fourth-order valence-electron chi connectivity index (χ4n) is 2.15. The molecule has 0 spiro atoms. The van der Waals surface area contributed by atoms with Gasteiger partial charge in [0.2, 0.25) is 5.91 Å². The third-order valence-corrected chi connectivity index (χ3v) is 3.56. The molecule has 0 aliphatic heterocycles. The lowest BCUT2D eigenvalue weighted by Crippen LogP contribution is -2.49. The Bertz CT molecular complexity index is 410.